The first-order chi connectivity index (χ1) is 14.6. The van der Waals surface area contributed by atoms with E-state index in [9.17, 15) is 4.79 Å². The summed E-state index contributed by atoms with van der Waals surface area (Å²) in [6, 6.07) is 7.44. The van der Waals surface area contributed by atoms with Crippen LogP contribution in [0.15, 0.2) is 52.1 Å². The van der Waals surface area contributed by atoms with Gasteiger partial charge in [-0.25, -0.2) is 4.98 Å². The summed E-state index contributed by atoms with van der Waals surface area (Å²) in [6.07, 6.45) is 4.92. The van der Waals surface area contributed by atoms with Crippen LogP contribution >= 0.6 is 15.9 Å². The number of hydrogen-bond donors (Lipinski definition) is 1. The Morgan fingerprint density at radius 2 is 1.90 bits per heavy atom. The number of rotatable bonds is 3. The molecule has 4 aromatic heterocycles. The van der Waals surface area contributed by atoms with E-state index in [0.29, 0.717) is 42.2 Å². The largest absolute Gasteiger partial charge is 0.393 e. The van der Waals surface area contributed by atoms with Crippen molar-refractivity contribution in [3.63, 3.8) is 0 Å². The zero-order chi connectivity index (χ0) is 20.7. The summed E-state index contributed by atoms with van der Waals surface area (Å²) < 4.78 is 8.91. The van der Waals surface area contributed by atoms with Gasteiger partial charge in [0.25, 0.3) is 5.56 Å². The first-order valence-electron chi connectivity index (χ1n) is 9.29. The number of aromatic nitrogens is 6. The number of nitrogen functional groups attached to an aromatic ring is 1. The van der Waals surface area contributed by atoms with Gasteiger partial charge in [-0.2, -0.15) is 19.4 Å². The highest BCUT2D eigenvalue weighted by Gasteiger charge is 2.20. The van der Waals surface area contributed by atoms with Crippen molar-refractivity contribution >= 4 is 33.1 Å². The zero-order valence-corrected chi connectivity index (χ0v) is 17.4. The predicted molar refractivity (Wildman–Crippen MR) is 115 cm³/mol. The third kappa shape index (κ3) is 3.21. The molecule has 2 N–H and O–H groups in total. The van der Waals surface area contributed by atoms with E-state index in [2.05, 4.69) is 35.9 Å². The van der Waals surface area contributed by atoms with Crippen LogP contribution in [-0.2, 0) is 4.74 Å². The summed E-state index contributed by atoms with van der Waals surface area (Å²) in [7, 11) is 0. The minimum absolute atomic E-state index is 0.0746. The quantitative estimate of drug-likeness (QED) is 0.480. The molecular formula is C19H17BrN8O2. The average molecular weight is 469 g/mol. The van der Waals surface area contributed by atoms with Crippen molar-refractivity contribution < 1.29 is 4.74 Å². The Morgan fingerprint density at radius 3 is 2.67 bits per heavy atom. The highest BCUT2D eigenvalue weighted by molar-refractivity contribution is 9.10. The summed E-state index contributed by atoms with van der Waals surface area (Å²) in [5.74, 6) is 1.17. The van der Waals surface area contributed by atoms with Crippen LogP contribution in [0.1, 0.15) is 0 Å². The van der Waals surface area contributed by atoms with Crippen molar-refractivity contribution in [1.82, 2.24) is 29.4 Å². The van der Waals surface area contributed by atoms with Gasteiger partial charge in [0.2, 0.25) is 0 Å². The highest BCUT2D eigenvalue weighted by Crippen LogP contribution is 2.25. The molecule has 1 aliphatic rings. The third-order valence-electron chi connectivity index (χ3n) is 4.89. The number of nitrogens with zero attached hydrogens (tertiary/aromatic N) is 7. The Labute approximate surface area is 179 Å². The summed E-state index contributed by atoms with van der Waals surface area (Å²) >= 11 is 3.24. The highest BCUT2D eigenvalue weighted by atomic mass is 79.9. The molecule has 1 saturated heterocycles. The Balaban J connectivity index is 1.73. The number of halogens is 1. The van der Waals surface area contributed by atoms with Crippen LogP contribution in [-0.4, -0.2) is 55.7 Å². The summed E-state index contributed by atoms with van der Waals surface area (Å²) in [5, 5.41) is 8.95. The number of ether oxygens (including phenoxy) is 1. The second-order valence-electron chi connectivity index (χ2n) is 6.73. The topological polar surface area (TPSA) is 116 Å². The van der Waals surface area contributed by atoms with Crippen LogP contribution in [0.3, 0.4) is 0 Å². The molecule has 0 saturated carbocycles. The second-order valence-corrected chi connectivity index (χ2v) is 7.58. The molecule has 5 rings (SSSR count). The van der Waals surface area contributed by atoms with Crippen LogP contribution in [0.5, 0.6) is 0 Å². The monoisotopic (exact) mass is 468 g/mol. The van der Waals surface area contributed by atoms with E-state index in [0.717, 1.165) is 17.1 Å². The van der Waals surface area contributed by atoms with Gasteiger partial charge >= 0.3 is 0 Å². The van der Waals surface area contributed by atoms with Gasteiger partial charge in [0.1, 0.15) is 11.5 Å². The molecule has 0 spiro atoms. The van der Waals surface area contributed by atoms with Crippen molar-refractivity contribution in [3.8, 4) is 17.1 Å². The number of anilines is 2. The fourth-order valence-corrected chi connectivity index (χ4v) is 3.61. The van der Waals surface area contributed by atoms with Gasteiger partial charge in [-0.05, 0) is 28.1 Å². The third-order valence-corrected chi connectivity index (χ3v) is 5.52. The van der Waals surface area contributed by atoms with Crippen molar-refractivity contribution in [3.05, 3.63) is 57.7 Å². The van der Waals surface area contributed by atoms with E-state index < -0.39 is 5.56 Å². The van der Waals surface area contributed by atoms with Gasteiger partial charge in [0.05, 0.1) is 29.6 Å². The number of morpholine rings is 1. The molecule has 0 aliphatic carbocycles. The average Bonchev–Trinajstić information content (AvgIpc) is 3.22. The molecule has 5 heterocycles. The minimum atomic E-state index is -0.442. The van der Waals surface area contributed by atoms with E-state index in [1.807, 2.05) is 18.2 Å². The van der Waals surface area contributed by atoms with Crippen LogP contribution in [0.25, 0.3) is 22.7 Å². The van der Waals surface area contributed by atoms with Crippen LogP contribution in [0, 0.1) is 0 Å². The first-order valence-corrected chi connectivity index (χ1v) is 10.1. The molecule has 11 heteroatoms. The maximum atomic E-state index is 12.7. The van der Waals surface area contributed by atoms with Gasteiger partial charge < -0.3 is 15.4 Å². The molecule has 0 amide bonds. The molecule has 0 bridgehead atoms. The van der Waals surface area contributed by atoms with Crippen molar-refractivity contribution in [2.45, 2.75) is 0 Å². The van der Waals surface area contributed by atoms with E-state index in [-0.39, 0.29) is 5.69 Å². The fraction of sp³-hybridized carbons (Fsp3) is 0.211. The van der Waals surface area contributed by atoms with E-state index in [1.54, 1.807) is 23.0 Å². The summed E-state index contributed by atoms with van der Waals surface area (Å²) in [6.45, 7) is 2.63. The molecule has 4 aromatic rings. The Morgan fingerprint density at radius 1 is 1.13 bits per heavy atom. The fourth-order valence-electron chi connectivity index (χ4n) is 3.35. The lowest BCUT2D eigenvalue weighted by Gasteiger charge is -2.29. The molecule has 0 aromatic carbocycles. The Bertz CT molecular complexity index is 1280. The maximum absolute atomic E-state index is 12.7. The molecule has 1 fully saturated rings. The maximum Gasteiger partial charge on any atom is 0.297 e. The predicted octanol–water partition coefficient (Wildman–Crippen LogP) is 1.52. The molecular weight excluding hydrogens is 452 g/mol. The lowest BCUT2D eigenvalue weighted by molar-refractivity contribution is 0.122. The molecule has 0 unspecified atom stereocenters. The molecule has 10 nitrogen and oxygen atoms in total. The minimum Gasteiger partial charge on any atom is -0.393 e. The molecule has 0 atom stereocenters. The zero-order valence-electron chi connectivity index (χ0n) is 15.8. The lowest BCUT2D eigenvalue weighted by Crippen LogP contribution is -2.37. The van der Waals surface area contributed by atoms with Gasteiger partial charge in [0, 0.05) is 43.2 Å². The van der Waals surface area contributed by atoms with Gasteiger partial charge in [-0.3, -0.25) is 9.78 Å². The van der Waals surface area contributed by atoms with Crippen LogP contribution in [0.4, 0.5) is 11.5 Å². The smallest absolute Gasteiger partial charge is 0.297 e. The van der Waals surface area contributed by atoms with E-state index in [1.165, 1.54) is 10.9 Å². The van der Waals surface area contributed by atoms with Gasteiger partial charge in [-0.15, -0.1) is 0 Å². The van der Waals surface area contributed by atoms with Crippen molar-refractivity contribution in [2.75, 3.05) is 36.9 Å². The summed E-state index contributed by atoms with van der Waals surface area (Å²) in [4.78, 5) is 23.5. The van der Waals surface area contributed by atoms with Gasteiger partial charge in [-0.1, -0.05) is 0 Å². The first kappa shape index (κ1) is 18.7. The summed E-state index contributed by atoms with van der Waals surface area (Å²) in [5.41, 5.74) is 7.80. The van der Waals surface area contributed by atoms with Gasteiger partial charge in [0.15, 0.2) is 11.5 Å². The molecule has 30 heavy (non-hydrogen) atoms. The number of fused-ring (bicyclic) bond motifs is 1. The number of hydrogen-bond acceptors (Lipinski definition) is 8. The molecule has 0 radical (unpaired) electrons. The van der Waals surface area contributed by atoms with Crippen molar-refractivity contribution in [1.29, 1.82) is 0 Å². The normalized spacial score (nSPS) is 14.4. The second kappa shape index (κ2) is 7.50. The number of pyridine rings is 1. The lowest BCUT2D eigenvalue weighted by atomic mass is 10.2. The van der Waals surface area contributed by atoms with Crippen LogP contribution in [0.2, 0.25) is 0 Å². The molecule has 152 valence electrons. The van der Waals surface area contributed by atoms with E-state index >= 15 is 0 Å². The molecule has 1 aliphatic heterocycles. The number of nitrogens with two attached hydrogens (primary N) is 1. The SMILES string of the molecule is Nc1c(Br)cnn(-c2cc(N3CCOCC3)n3nc(-c4ccncc4)cc3n2)c1=O. The van der Waals surface area contributed by atoms with Crippen LogP contribution < -0.4 is 16.2 Å². The van der Waals surface area contributed by atoms with Crippen molar-refractivity contribution in [2.24, 2.45) is 0 Å². The standard InChI is InChI=1S/C19H17BrN8O2/c20-13-11-23-28(19(29)18(13)21)16-10-17(26-5-7-30-8-6-26)27-15(24-16)9-14(25-27)12-1-3-22-4-2-12/h1-4,9-11H,5-8,21H2. The Kier molecular flexibility index (Phi) is 4.68. The van der Waals surface area contributed by atoms with E-state index in [4.69, 9.17) is 15.6 Å². The Hall–Kier alpha value is -3.31.